The van der Waals surface area contributed by atoms with E-state index in [1.165, 1.54) is 4.90 Å². The van der Waals surface area contributed by atoms with Gasteiger partial charge in [0.05, 0.1) is 6.07 Å². The van der Waals surface area contributed by atoms with E-state index < -0.39 is 34.5 Å². The van der Waals surface area contributed by atoms with Gasteiger partial charge in [0.15, 0.2) is 0 Å². The molecule has 2 aliphatic rings. The van der Waals surface area contributed by atoms with Gasteiger partial charge in [0.1, 0.15) is 16.6 Å². The summed E-state index contributed by atoms with van der Waals surface area (Å²) in [4.78, 5) is 26.3. The highest BCUT2D eigenvalue weighted by molar-refractivity contribution is 5.87. The van der Waals surface area contributed by atoms with E-state index in [-0.39, 0.29) is 51.6 Å². The average Bonchev–Trinajstić information content (AvgIpc) is 3.36. The Morgan fingerprint density at radius 2 is 1.74 bits per heavy atom. The number of carbonyl (C=O) groups is 2. The molecule has 2 amide bonds. The van der Waals surface area contributed by atoms with E-state index in [2.05, 4.69) is 11.4 Å². The molecular weight excluding hydrogens is 356 g/mol. The van der Waals surface area contributed by atoms with Crippen molar-refractivity contribution < 1.29 is 23.1 Å². The smallest absolute Gasteiger partial charge is 0.410 e. The van der Waals surface area contributed by atoms with Crippen molar-refractivity contribution in [2.24, 2.45) is 5.41 Å². The lowest BCUT2D eigenvalue weighted by Crippen LogP contribution is -2.58. The number of nitrogens with zero attached hydrogens (tertiary/aromatic N) is 2. The standard InChI is InChI=1S/C19H29F2N3O3/c1-5-6-19(20,21)18(7-8-18)14(25)23-17(13-22)9-11-24(12-10-17)15(26)27-16(2,3)4/h5-12H2,1-4H3,(H,23,25). The number of alkyl halides is 2. The number of halogens is 2. The molecule has 0 aromatic rings. The maximum atomic E-state index is 14.4. The molecule has 0 spiro atoms. The third-order valence-electron chi connectivity index (χ3n) is 5.28. The quantitative estimate of drug-likeness (QED) is 0.784. The second-order valence-electron chi connectivity index (χ2n) is 8.65. The maximum absolute atomic E-state index is 14.4. The molecule has 0 aromatic heterocycles. The van der Waals surface area contributed by atoms with Gasteiger partial charge in [-0.3, -0.25) is 4.79 Å². The second-order valence-corrected chi connectivity index (χ2v) is 8.65. The zero-order chi connectivity index (χ0) is 20.5. The molecule has 0 unspecified atom stereocenters. The van der Waals surface area contributed by atoms with Crippen LogP contribution in [0.5, 0.6) is 0 Å². The van der Waals surface area contributed by atoms with Gasteiger partial charge in [0.25, 0.3) is 5.92 Å². The first-order chi connectivity index (χ1) is 12.4. The molecule has 0 aromatic carbocycles. The zero-order valence-corrected chi connectivity index (χ0v) is 16.5. The molecule has 0 radical (unpaired) electrons. The minimum atomic E-state index is -3.07. The van der Waals surface area contributed by atoms with Crippen LogP contribution in [0.2, 0.25) is 0 Å². The summed E-state index contributed by atoms with van der Waals surface area (Å²) in [5, 5.41) is 12.2. The maximum Gasteiger partial charge on any atom is 0.410 e. The third kappa shape index (κ3) is 4.50. The van der Waals surface area contributed by atoms with E-state index in [1.54, 1.807) is 27.7 Å². The Morgan fingerprint density at radius 1 is 1.19 bits per heavy atom. The Kier molecular flexibility index (Phi) is 5.74. The van der Waals surface area contributed by atoms with Crippen LogP contribution in [0.4, 0.5) is 13.6 Å². The van der Waals surface area contributed by atoms with Crippen molar-refractivity contribution in [3.63, 3.8) is 0 Å². The Bertz CT molecular complexity index is 625. The summed E-state index contributed by atoms with van der Waals surface area (Å²) in [6.07, 6.45) is 0.110. The molecule has 1 aliphatic carbocycles. The van der Waals surface area contributed by atoms with Crippen molar-refractivity contribution in [3.05, 3.63) is 0 Å². The molecule has 2 fully saturated rings. The van der Waals surface area contributed by atoms with Crippen LogP contribution in [0.1, 0.15) is 66.2 Å². The van der Waals surface area contributed by atoms with Crippen LogP contribution in [0.15, 0.2) is 0 Å². The summed E-state index contributed by atoms with van der Waals surface area (Å²) in [6, 6.07) is 2.08. The first kappa shape index (κ1) is 21.4. The molecule has 2 rings (SSSR count). The molecule has 1 N–H and O–H groups in total. The van der Waals surface area contributed by atoms with Gasteiger partial charge in [-0.15, -0.1) is 0 Å². The van der Waals surface area contributed by atoms with Crippen molar-refractivity contribution >= 4 is 12.0 Å². The summed E-state index contributed by atoms with van der Waals surface area (Å²) in [6.45, 7) is 7.40. The molecule has 27 heavy (non-hydrogen) atoms. The van der Waals surface area contributed by atoms with Crippen LogP contribution in [0.25, 0.3) is 0 Å². The van der Waals surface area contributed by atoms with E-state index in [0.29, 0.717) is 0 Å². The number of hydrogen-bond acceptors (Lipinski definition) is 4. The van der Waals surface area contributed by atoms with Gasteiger partial charge in [-0.05, 0) is 33.6 Å². The van der Waals surface area contributed by atoms with Gasteiger partial charge in [0, 0.05) is 32.4 Å². The van der Waals surface area contributed by atoms with Crippen LogP contribution in [-0.4, -0.2) is 47.1 Å². The first-order valence-electron chi connectivity index (χ1n) is 9.50. The minimum Gasteiger partial charge on any atom is -0.444 e. The normalized spacial score (nSPS) is 21.1. The summed E-state index contributed by atoms with van der Waals surface area (Å²) in [5.74, 6) is -3.81. The van der Waals surface area contributed by atoms with E-state index in [4.69, 9.17) is 4.74 Å². The summed E-state index contributed by atoms with van der Waals surface area (Å²) in [7, 11) is 0. The molecule has 8 heteroatoms. The predicted octanol–water partition coefficient (Wildman–Crippen LogP) is 3.61. The number of hydrogen-bond donors (Lipinski definition) is 1. The average molecular weight is 385 g/mol. The lowest BCUT2D eigenvalue weighted by atomic mass is 9.86. The van der Waals surface area contributed by atoms with Gasteiger partial charge in [-0.1, -0.05) is 13.3 Å². The van der Waals surface area contributed by atoms with Crippen molar-refractivity contribution in [3.8, 4) is 6.07 Å². The number of piperidine rings is 1. The third-order valence-corrected chi connectivity index (χ3v) is 5.28. The number of carbonyl (C=O) groups excluding carboxylic acids is 2. The van der Waals surface area contributed by atoms with Crippen molar-refractivity contribution in [2.75, 3.05) is 13.1 Å². The summed E-state index contributed by atoms with van der Waals surface area (Å²) in [5.41, 5.74) is -3.54. The summed E-state index contributed by atoms with van der Waals surface area (Å²) < 4.78 is 34.1. The van der Waals surface area contributed by atoms with Crippen molar-refractivity contribution in [1.82, 2.24) is 10.2 Å². The van der Waals surface area contributed by atoms with Crippen LogP contribution in [0, 0.1) is 16.7 Å². The Morgan fingerprint density at radius 3 is 2.15 bits per heavy atom. The Labute approximate surface area is 159 Å². The fourth-order valence-electron chi connectivity index (χ4n) is 3.44. The number of likely N-dealkylation sites (tertiary alicyclic amines) is 1. The van der Waals surface area contributed by atoms with Crippen molar-refractivity contribution in [1.29, 1.82) is 5.26 Å². The fraction of sp³-hybridized carbons (Fsp3) is 0.842. The number of nitrogens with one attached hydrogen (secondary N) is 1. The molecular formula is C19H29F2N3O3. The molecule has 1 saturated carbocycles. The predicted molar refractivity (Wildman–Crippen MR) is 95.0 cm³/mol. The van der Waals surface area contributed by atoms with E-state index in [0.717, 1.165) is 0 Å². The Balaban J connectivity index is 2.01. The Hall–Kier alpha value is -1.91. The molecule has 152 valence electrons. The van der Waals surface area contributed by atoms with Gasteiger partial charge in [-0.25, -0.2) is 13.6 Å². The second kappa shape index (κ2) is 7.25. The SMILES string of the molecule is CCCC(F)(F)C1(C(=O)NC2(C#N)CCN(C(=O)OC(C)(C)C)CC2)CC1. The molecule has 0 atom stereocenters. The van der Waals surface area contributed by atoms with Crippen LogP contribution >= 0.6 is 0 Å². The number of ether oxygens (including phenoxy) is 1. The monoisotopic (exact) mass is 385 g/mol. The number of rotatable bonds is 5. The van der Waals surface area contributed by atoms with E-state index >= 15 is 0 Å². The minimum absolute atomic E-state index is 0.136. The van der Waals surface area contributed by atoms with Gasteiger partial charge in [0.2, 0.25) is 5.91 Å². The van der Waals surface area contributed by atoms with Crippen LogP contribution < -0.4 is 5.32 Å². The lowest BCUT2D eigenvalue weighted by molar-refractivity contribution is -0.147. The molecule has 1 saturated heterocycles. The molecule has 1 aliphatic heterocycles. The van der Waals surface area contributed by atoms with Gasteiger partial charge >= 0.3 is 6.09 Å². The lowest BCUT2D eigenvalue weighted by Gasteiger charge is -2.39. The van der Waals surface area contributed by atoms with E-state index in [1.807, 2.05) is 0 Å². The fourth-order valence-corrected chi connectivity index (χ4v) is 3.44. The first-order valence-corrected chi connectivity index (χ1v) is 9.50. The molecule has 1 heterocycles. The topological polar surface area (TPSA) is 82.4 Å². The highest BCUT2D eigenvalue weighted by Crippen LogP contribution is 2.59. The van der Waals surface area contributed by atoms with Gasteiger partial charge in [-0.2, -0.15) is 5.26 Å². The summed E-state index contributed by atoms with van der Waals surface area (Å²) >= 11 is 0. The van der Waals surface area contributed by atoms with Crippen LogP contribution in [0.3, 0.4) is 0 Å². The van der Waals surface area contributed by atoms with E-state index in [9.17, 15) is 23.6 Å². The van der Waals surface area contributed by atoms with Gasteiger partial charge < -0.3 is 15.0 Å². The zero-order valence-electron chi connectivity index (χ0n) is 16.5. The molecule has 0 bridgehead atoms. The van der Waals surface area contributed by atoms with Crippen molar-refractivity contribution in [2.45, 2.75) is 83.3 Å². The highest BCUT2D eigenvalue weighted by Gasteiger charge is 2.67. The largest absolute Gasteiger partial charge is 0.444 e. The highest BCUT2D eigenvalue weighted by atomic mass is 19.3. The van der Waals surface area contributed by atoms with Crippen LogP contribution in [-0.2, 0) is 9.53 Å². The number of amides is 2. The number of nitriles is 1. The molecule has 6 nitrogen and oxygen atoms in total.